The molecule has 1 aliphatic rings. The Labute approximate surface area is 196 Å². The van der Waals surface area contributed by atoms with E-state index in [9.17, 15) is 19.2 Å². The van der Waals surface area contributed by atoms with Crippen molar-refractivity contribution in [3.63, 3.8) is 0 Å². The summed E-state index contributed by atoms with van der Waals surface area (Å²) in [5.74, 6) is -2.14. The minimum Gasteiger partial charge on any atom is -0.481 e. The molecule has 178 valence electrons. The monoisotopic (exact) mass is 466 g/mol. The van der Waals surface area contributed by atoms with Gasteiger partial charge in [-0.25, -0.2) is 15.1 Å². The summed E-state index contributed by atoms with van der Waals surface area (Å²) in [7, 11) is 0. The number of aliphatic carboxylic acids is 1. The highest BCUT2D eigenvalue weighted by Gasteiger charge is 2.30. The second-order valence-corrected chi connectivity index (χ2v) is 7.94. The Morgan fingerprint density at radius 3 is 2.47 bits per heavy atom. The van der Waals surface area contributed by atoms with E-state index in [1.165, 1.54) is 0 Å². The first-order valence-electron chi connectivity index (χ1n) is 10.7. The minimum atomic E-state index is -1.21. The Balaban J connectivity index is 1.83. The molecule has 2 aromatic rings. The summed E-state index contributed by atoms with van der Waals surface area (Å²) in [5, 5.41) is 13.0. The first-order valence-corrected chi connectivity index (χ1v) is 10.7. The lowest BCUT2D eigenvalue weighted by molar-refractivity contribution is -0.137. The van der Waals surface area contributed by atoms with Crippen LogP contribution in [0.2, 0.25) is 0 Å². The van der Waals surface area contributed by atoms with Gasteiger partial charge in [0, 0.05) is 18.8 Å². The fraction of sp³-hybridized carbons (Fsp3) is 0.292. The van der Waals surface area contributed by atoms with Crippen molar-refractivity contribution in [2.24, 2.45) is 16.8 Å². The van der Waals surface area contributed by atoms with Crippen LogP contribution in [0.25, 0.3) is 0 Å². The van der Waals surface area contributed by atoms with Crippen molar-refractivity contribution in [3.8, 4) is 0 Å². The van der Waals surface area contributed by atoms with Crippen LogP contribution in [-0.4, -0.2) is 40.7 Å². The molecule has 0 fully saturated rings. The Morgan fingerprint density at radius 1 is 1.18 bits per heavy atom. The first-order chi connectivity index (χ1) is 16.3. The number of nitrogens with one attached hydrogen (secondary N) is 1. The molecule has 2 atom stereocenters. The lowest BCUT2D eigenvalue weighted by atomic mass is 9.94. The van der Waals surface area contributed by atoms with Gasteiger partial charge in [0.25, 0.3) is 5.91 Å². The van der Waals surface area contributed by atoms with Crippen molar-refractivity contribution in [3.05, 3.63) is 65.7 Å². The van der Waals surface area contributed by atoms with Gasteiger partial charge in [0.15, 0.2) is 0 Å². The molecule has 4 N–H and O–H groups in total. The number of nitrogens with zero attached hydrogens (tertiary/aromatic N) is 2. The summed E-state index contributed by atoms with van der Waals surface area (Å²) in [6.07, 6.45) is -1.08. The third-order valence-electron chi connectivity index (χ3n) is 5.28. The summed E-state index contributed by atoms with van der Waals surface area (Å²) in [6.45, 7) is 1.82. The molecule has 0 aliphatic carbocycles. The van der Waals surface area contributed by atoms with Gasteiger partial charge >= 0.3 is 12.1 Å². The van der Waals surface area contributed by atoms with Crippen LogP contribution in [0.3, 0.4) is 0 Å². The summed E-state index contributed by atoms with van der Waals surface area (Å²) in [6, 6.07) is 14.2. The molecule has 0 bridgehead atoms. The van der Waals surface area contributed by atoms with Crippen molar-refractivity contribution in [2.75, 3.05) is 4.90 Å². The number of anilines is 1. The summed E-state index contributed by atoms with van der Waals surface area (Å²) in [4.78, 5) is 49.1. The van der Waals surface area contributed by atoms with Gasteiger partial charge < -0.3 is 15.6 Å². The predicted octanol–water partition coefficient (Wildman–Crippen LogP) is 2.41. The number of imide groups is 1. The molecule has 10 nitrogen and oxygen atoms in total. The SMILES string of the molecule is CC1CC(=O)NN=C1c1ccc(N(C(=O)OCc2ccccc2)C(=O)[C@@H](N)CCC(=O)O)cc1. The molecular weight excluding hydrogens is 440 g/mol. The third kappa shape index (κ3) is 6.26. The maximum atomic E-state index is 13.0. The number of amides is 3. The number of nitrogens with two attached hydrogens (primary N) is 1. The second-order valence-electron chi connectivity index (χ2n) is 7.94. The highest BCUT2D eigenvalue weighted by molar-refractivity contribution is 6.14. The number of ether oxygens (including phenoxy) is 1. The lowest BCUT2D eigenvalue weighted by Crippen LogP contribution is -2.47. The van der Waals surface area contributed by atoms with E-state index in [-0.39, 0.29) is 37.0 Å². The van der Waals surface area contributed by atoms with Crippen molar-refractivity contribution >= 4 is 35.3 Å². The number of carboxylic acids is 1. The van der Waals surface area contributed by atoms with Crippen LogP contribution in [0.4, 0.5) is 10.5 Å². The Bertz CT molecular complexity index is 1080. The molecule has 1 aliphatic heterocycles. The zero-order valence-electron chi connectivity index (χ0n) is 18.6. The fourth-order valence-electron chi connectivity index (χ4n) is 3.46. The van der Waals surface area contributed by atoms with Gasteiger partial charge in [-0.15, -0.1) is 0 Å². The molecule has 0 saturated carbocycles. The number of hydrogen-bond donors (Lipinski definition) is 3. The molecule has 1 unspecified atom stereocenters. The van der Waals surface area contributed by atoms with Gasteiger partial charge in [-0.3, -0.25) is 14.4 Å². The van der Waals surface area contributed by atoms with E-state index in [0.717, 1.165) is 16.0 Å². The van der Waals surface area contributed by atoms with Gasteiger partial charge in [-0.2, -0.15) is 5.10 Å². The number of carboxylic acid groups (broad SMARTS) is 1. The maximum Gasteiger partial charge on any atom is 0.421 e. The highest BCUT2D eigenvalue weighted by Crippen LogP contribution is 2.22. The molecule has 0 radical (unpaired) electrons. The maximum absolute atomic E-state index is 13.0. The van der Waals surface area contributed by atoms with Gasteiger partial charge in [-0.05, 0) is 29.7 Å². The minimum absolute atomic E-state index is 0.0556. The molecular formula is C24H26N4O6. The average molecular weight is 466 g/mol. The van der Waals surface area contributed by atoms with Gasteiger partial charge in [-0.1, -0.05) is 49.4 Å². The van der Waals surface area contributed by atoms with Crippen LogP contribution in [0, 0.1) is 5.92 Å². The van der Waals surface area contributed by atoms with E-state index in [4.69, 9.17) is 15.6 Å². The fourth-order valence-corrected chi connectivity index (χ4v) is 3.46. The zero-order valence-corrected chi connectivity index (χ0v) is 18.6. The van der Waals surface area contributed by atoms with E-state index in [1.807, 2.05) is 13.0 Å². The number of benzene rings is 2. The van der Waals surface area contributed by atoms with E-state index < -0.39 is 24.0 Å². The van der Waals surface area contributed by atoms with Crippen molar-refractivity contribution in [1.82, 2.24) is 5.43 Å². The van der Waals surface area contributed by atoms with Crippen LogP contribution in [-0.2, 0) is 25.7 Å². The Morgan fingerprint density at radius 2 is 1.85 bits per heavy atom. The van der Waals surface area contributed by atoms with Crippen LogP contribution < -0.4 is 16.1 Å². The Kier molecular flexibility index (Phi) is 8.10. The van der Waals surface area contributed by atoms with Gasteiger partial charge in [0.2, 0.25) is 5.91 Å². The quantitative estimate of drug-likeness (QED) is 0.540. The number of rotatable bonds is 8. The molecule has 1 heterocycles. The topological polar surface area (TPSA) is 151 Å². The van der Waals surface area contributed by atoms with Crippen LogP contribution >= 0.6 is 0 Å². The van der Waals surface area contributed by atoms with Crippen molar-refractivity contribution < 1.29 is 29.0 Å². The van der Waals surface area contributed by atoms with Crippen molar-refractivity contribution in [1.29, 1.82) is 0 Å². The van der Waals surface area contributed by atoms with E-state index in [0.29, 0.717) is 12.1 Å². The van der Waals surface area contributed by atoms with Crippen molar-refractivity contribution in [2.45, 2.75) is 38.8 Å². The van der Waals surface area contributed by atoms with E-state index >= 15 is 0 Å². The first kappa shape index (κ1) is 24.6. The molecule has 3 rings (SSSR count). The molecule has 10 heteroatoms. The molecule has 0 saturated heterocycles. The lowest BCUT2D eigenvalue weighted by Gasteiger charge is -2.24. The number of hydrazone groups is 1. The van der Waals surface area contributed by atoms with Crippen LogP contribution in [0.5, 0.6) is 0 Å². The molecule has 2 aromatic carbocycles. The second kappa shape index (κ2) is 11.2. The molecule has 0 aromatic heterocycles. The van der Waals surface area contributed by atoms with Gasteiger partial charge in [0.1, 0.15) is 6.61 Å². The van der Waals surface area contributed by atoms with Gasteiger partial charge in [0.05, 0.1) is 17.4 Å². The smallest absolute Gasteiger partial charge is 0.421 e. The zero-order chi connectivity index (χ0) is 24.7. The largest absolute Gasteiger partial charge is 0.481 e. The highest BCUT2D eigenvalue weighted by atomic mass is 16.6. The summed E-state index contributed by atoms with van der Waals surface area (Å²) in [5.41, 5.74) is 10.7. The van der Waals surface area contributed by atoms with E-state index in [2.05, 4.69) is 10.5 Å². The van der Waals surface area contributed by atoms with E-state index in [1.54, 1.807) is 48.5 Å². The summed E-state index contributed by atoms with van der Waals surface area (Å²) < 4.78 is 5.34. The van der Waals surface area contributed by atoms with Crippen LogP contribution in [0.1, 0.15) is 37.3 Å². The normalized spacial score (nSPS) is 16.1. The Hall–Kier alpha value is -4.05. The predicted molar refractivity (Wildman–Crippen MR) is 124 cm³/mol. The van der Waals surface area contributed by atoms with Crippen LogP contribution in [0.15, 0.2) is 59.7 Å². The number of carbonyl (C=O) groups is 4. The molecule has 0 spiro atoms. The summed E-state index contributed by atoms with van der Waals surface area (Å²) >= 11 is 0. The molecule has 34 heavy (non-hydrogen) atoms. The number of carbonyl (C=O) groups excluding carboxylic acids is 3. The molecule has 3 amide bonds. The average Bonchev–Trinajstić information content (AvgIpc) is 2.82. The number of hydrogen-bond acceptors (Lipinski definition) is 7. The standard InChI is InChI=1S/C24H26N4O6/c1-15-13-20(29)26-27-22(15)17-7-9-18(10-8-17)28(23(32)19(25)11-12-21(30)31)24(33)34-14-16-5-3-2-4-6-16/h2-10,15,19H,11-14,25H2,1H3,(H,26,29)(H,30,31)/t15?,19-/m0/s1. The third-order valence-corrected chi connectivity index (χ3v) is 5.28.